The van der Waals surface area contributed by atoms with Crippen LogP contribution in [0.5, 0.6) is 0 Å². The smallest absolute Gasteiger partial charge is 0.153 e. The van der Waals surface area contributed by atoms with Crippen molar-refractivity contribution >= 4 is 29.0 Å². The maximum atomic E-state index is 10.0. The third-order valence-electron chi connectivity index (χ3n) is 5.77. The molecule has 1 aromatic heterocycles. The van der Waals surface area contributed by atoms with Crippen molar-refractivity contribution in [3.05, 3.63) is 39.6 Å². The molecule has 1 atom stereocenters. The van der Waals surface area contributed by atoms with Crippen LogP contribution in [-0.4, -0.2) is 32.7 Å². The van der Waals surface area contributed by atoms with E-state index in [1.807, 2.05) is 19.1 Å². The van der Waals surface area contributed by atoms with Gasteiger partial charge in [0.05, 0.1) is 28.0 Å². The zero-order valence-electron chi connectivity index (χ0n) is 15.6. The van der Waals surface area contributed by atoms with E-state index < -0.39 is 0 Å². The highest BCUT2D eigenvalue weighted by Crippen LogP contribution is 2.52. The van der Waals surface area contributed by atoms with Gasteiger partial charge in [0.15, 0.2) is 5.82 Å². The lowest BCUT2D eigenvalue weighted by atomic mass is 9.84. The minimum Gasteiger partial charge on any atom is -0.390 e. The summed E-state index contributed by atoms with van der Waals surface area (Å²) in [6.07, 6.45) is 4.04. The largest absolute Gasteiger partial charge is 0.390 e. The molecule has 2 fully saturated rings. The van der Waals surface area contributed by atoms with Crippen LogP contribution in [0.1, 0.15) is 44.0 Å². The minimum atomic E-state index is -0.180. The Labute approximate surface area is 169 Å². The number of piperidine rings is 1. The zero-order chi connectivity index (χ0) is 19.4. The molecule has 1 spiro atoms. The third kappa shape index (κ3) is 3.31. The molecule has 27 heavy (non-hydrogen) atoms. The second-order valence-corrected chi connectivity index (χ2v) is 8.93. The van der Waals surface area contributed by atoms with Crippen LogP contribution in [0.3, 0.4) is 0 Å². The number of hydrogen-bond donors (Lipinski definition) is 2. The summed E-state index contributed by atoms with van der Waals surface area (Å²) in [6.45, 7) is 4.69. The Balaban J connectivity index is 1.78. The van der Waals surface area contributed by atoms with Crippen molar-refractivity contribution in [1.29, 1.82) is 0 Å². The summed E-state index contributed by atoms with van der Waals surface area (Å²) in [5.41, 5.74) is 9.05. The van der Waals surface area contributed by atoms with Gasteiger partial charge in [-0.25, -0.2) is 9.97 Å². The monoisotopic (exact) mass is 406 g/mol. The van der Waals surface area contributed by atoms with Gasteiger partial charge in [0.1, 0.15) is 5.69 Å². The quantitative estimate of drug-likeness (QED) is 0.801. The molecule has 1 saturated heterocycles. The Kier molecular flexibility index (Phi) is 4.62. The van der Waals surface area contributed by atoms with Gasteiger partial charge in [-0.2, -0.15) is 0 Å². The molecule has 2 aromatic rings. The SMILES string of the molecule is Cc1nc(N2CCC(C)(N)CC23CC3)c(CO)nc1-c1cccc(Cl)c1Cl. The molecular weight excluding hydrogens is 383 g/mol. The first-order valence-corrected chi connectivity index (χ1v) is 10.0. The summed E-state index contributed by atoms with van der Waals surface area (Å²) in [7, 11) is 0. The molecule has 1 aliphatic carbocycles. The first-order chi connectivity index (χ1) is 12.8. The maximum Gasteiger partial charge on any atom is 0.153 e. The summed E-state index contributed by atoms with van der Waals surface area (Å²) in [4.78, 5) is 11.9. The van der Waals surface area contributed by atoms with Crippen molar-refractivity contribution < 1.29 is 5.11 Å². The van der Waals surface area contributed by atoms with Crippen molar-refractivity contribution in [3.8, 4) is 11.3 Å². The topological polar surface area (TPSA) is 75.3 Å². The van der Waals surface area contributed by atoms with E-state index in [-0.39, 0.29) is 17.7 Å². The van der Waals surface area contributed by atoms with Crippen LogP contribution in [0.4, 0.5) is 5.82 Å². The second kappa shape index (κ2) is 6.59. The van der Waals surface area contributed by atoms with Crippen molar-refractivity contribution in [3.63, 3.8) is 0 Å². The Morgan fingerprint density at radius 2 is 1.96 bits per heavy atom. The number of rotatable bonds is 3. The lowest BCUT2D eigenvalue weighted by Crippen LogP contribution is -2.55. The van der Waals surface area contributed by atoms with Crippen molar-refractivity contribution in [2.24, 2.45) is 5.73 Å². The molecule has 5 nitrogen and oxygen atoms in total. The van der Waals surface area contributed by atoms with Gasteiger partial charge in [0.25, 0.3) is 0 Å². The number of nitrogens with zero attached hydrogens (tertiary/aromatic N) is 3. The molecule has 7 heteroatoms. The Morgan fingerprint density at radius 3 is 2.63 bits per heavy atom. The van der Waals surface area contributed by atoms with Crippen molar-refractivity contribution in [2.45, 2.75) is 57.2 Å². The Hall–Kier alpha value is -1.40. The van der Waals surface area contributed by atoms with E-state index in [4.69, 9.17) is 38.9 Å². The van der Waals surface area contributed by atoms with Gasteiger partial charge in [-0.05, 0) is 45.6 Å². The van der Waals surface area contributed by atoms with Crippen LogP contribution in [0, 0.1) is 6.92 Å². The normalized spacial score (nSPS) is 23.7. The van der Waals surface area contributed by atoms with Crippen LogP contribution in [0.15, 0.2) is 18.2 Å². The lowest BCUT2D eigenvalue weighted by Gasteiger charge is -2.45. The number of benzene rings is 1. The Bertz CT molecular complexity index is 896. The fraction of sp³-hybridized carbons (Fsp3) is 0.500. The summed E-state index contributed by atoms with van der Waals surface area (Å²) >= 11 is 12.5. The first kappa shape index (κ1) is 18.9. The number of aromatic nitrogens is 2. The molecular formula is C20H24Cl2N4O. The summed E-state index contributed by atoms with van der Waals surface area (Å²) in [6, 6.07) is 5.45. The number of anilines is 1. The molecule has 0 radical (unpaired) electrons. The van der Waals surface area contributed by atoms with E-state index in [9.17, 15) is 5.11 Å². The van der Waals surface area contributed by atoms with E-state index in [0.29, 0.717) is 21.4 Å². The number of nitrogens with two attached hydrogens (primary N) is 1. The summed E-state index contributed by atoms with van der Waals surface area (Å²) < 4.78 is 0. The van der Waals surface area contributed by atoms with E-state index in [2.05, 4.69) is 11.8 Å². The number of hydrogen-bond acceptors (Lipinski definition) is 5. The highest BCUT2D eigenvalue weighted by atomic mass is 35.5. The van der Waals surface area contributed by atoms with Crippen LogP contribution in [0.25, 0.3) is 11.3 Å². The van der Waals surface area contributed by atoms with Gasteiger partial charge in [-0.3, -0.25) is 0 Å². The average molecular weight is 407 g/mol. The molecule has 0 bridgehead atoms. The zero-order valence-corrected chi connectivity index (χ0v) is 17.1. The highest BCUT2D eigenvalue weighted by molar-refractivity contribution is 6.43. The number of halogens is 2. The summed E-state index contributed by atoms with van der Waals surface area (Å²) in [5, 5.41) is 10.9. The molecule has 2 heterocycles. The molecule has 1 aliphatic heterocycles. The molecule has 2 aliphatic rings. The van der Waals surface area contributed by atoms with Gasteiger partial charge in [-0.15, -0.1) is 0 Å². The number of aliphatic hydroxyl groups excluding tert-OH is 1. The van der Waals surface area contributed by atoms with Crippen LogP contribution < -0.4 is 10.6 Å². The van der Waals surface area contributed by atoms with E-state index in [0.717, 1.165) is 49.3 Å². The Morgan fingerprint density at radius 1 is 1.22 bits per heavy atom. The molecule has 1 aromatic carbocycles. The molecule has 1 unspecified atom stereocenters. The first-order valence-electron chi connectivity index (χ1n) is 9.26. The fourth-order valence-electron chi connectivity index (χ4n) is 4.27. The maximum absolute atomic E-state index is 10.0. The average Bonchev–Trinajstić information content (AvgIpc) is 3.36. The van der Waals surface area contributed by atoms with E-state index >= 15 is 0 Å². The molecule has 4 rings (SSSR count). The molecule has 1 saturated carbocycles. The van der Waals surface area contributed by atoms with Crippen LogP contribution in [-0.2, 0) is 6.61 Å². The van der Waals surface area contributed by atoms with E-state index in [1.165, 1.54) is 0 Å². The van der Waals surface area contributed by atoms with Crippen LogP contribution >= 0.6 is 23.2 Å². The third-order valence-corrected chi connectivity index (χ3v) is 6.59. The predicted octanol–water partition coefficient (Wildman–Crippen LogP) is 4.10. The molecule has 0 amide bonds. The number of aryl methyl sites for hydroxylation is 1. The standard InChI is InChI=1S/C20H24Cl2N4O/c1-12-17(13-4-3-5-14(21)16(13)22)25-15(10-27)18(24-12)26-9-8-19(2,23)11-20(26)6-7-20/h3-5,27H,6-11,23H2,1-2H3. The summed E-state index contributed by atoms with van der Waals surface area (Å²) in [5.74, 6) is 0.768. The van der Waals surface area contributed by atoms with Crippen LogP contribution in [0.2, 0.25) is 10.0 Å². The van der Waals surface area contributed by atoms with Crippen molar-refractivity contribution in [1.82, 2.24) is 9.97 Å². The highest BCUT2D eigenvalue weighted by Gasteiger charge is 2.54. The molecule has 3 N–H and O–H groups in total. The lowest BCUT2D eigenvalue weighted by molar-refractivity contribution is 0.271. The molecule has 144 valence electrons. The minimum absolute atomic E-state index is 0.0575. The van der Waals surface area contributed by atoms with Gasteiger partial charge in [-0.1, -0.05) is 35.3 Å². The fourth-order valence-corrected chi connectivity index (χ4v) is 4.66. The van der Waals surface area contributed by atoms with E-state index in [1.54, 1.807) is 6.07 Å². The van der Waals surface area contributed by atoms with Crippen molar-refractivity contribution in [2.75, 3.05) is 11.4 Å². The van der Waals surface area contributed by atoms with Gasteiger partial charge >= 0.3 is 0 Å². The van der Waals surface area contributed by atoms with Gasteiger partial charge < -0.3 is 15.7 Å². The number of aliphatic hydroxyl groups is 1. The predicted molar refractivity (Wildman–Crippen MR) is 109 cm³/mol. The van der Waals surface area contributed by atoms with Gasteiger partial charge in [0.2, 0.25) is 0 Å². The van der Waals surface area contributed by atoms with Gasteiger partial charge in [0, 0.05) is 23.2 Å². The second-order valence-electron chi connectivity index (χ2n) is 8.14.